The van der Waals surface area contributed by atoms with Crippen LogP contribution in [0, 0.1) is 32.4 Å². The third-order valence-corrected chi connectivity index (χ3v) is 5.27. The van der Waals surface area contributed by atoms with Gasteiger partial charge in [-0.2, -0.15) is 0 Å². The van der Waals surface area contributed by atoms with Gasteiger partial charge in [0.1, 0.15) is 34.5 Å². The zero-order valence-electron chi connectivity index (χ0n) is 17.6. The van der Waals surface area contributed by atoms with Crippen molar-refractivity contribution in [1.29, 1.82) is 0 Å². The molecule has 0 aliphatic heterocycles. The lowest BCUT2D eigenvalue weighted by atomic mass is 10.0. The smallest absolute Gasteiger partial charge is 0.257 e. The number of nitrogens with one attached hydrogen (secondary N) is 1. The Kier molecular flexibility index (Phi) is 5.35. The molecule has 1 amide bonds. The van der Waals surface area contributed by atoms with Gasteiger partial charge in [0.25, 0.3) is 5.91 Å². The van der Waals surface area contributed by atoms with Gasteiger partial charge in [0.15, 0.2) is 6.10 Å². The Morgan fingerprint density at radius 1 is 1.19 bits per heavy atom. The maximum atomic E-state index is 15.0. The maximum absolute atomic E-state index is 15.0. The van der Waals surface area contributed by atoms with Crippen molar-refractivity contribution >= 4 is 22.9 Å². The number of aliphatic hydroxyl groups excluding tert-OH is 1. The molecule has 4 N–H and O–H groups in total. The molecule has 1 unspecified atom stereocenters. The van der Waals surface area contributed by atoms with Crippen molar-refractivity contribution in [2.24, 2.45) is 0 Å². The maximum Gasteiger partial charge on any atom is 0.257 e. The van der Waals surface area contributed by atoms with E-state index in [2.05, 4.69) is 15.3 Å². The number of hydrogen-bond donors (Lipinski definition) is 3. The number of amides is 1. The number of imidazole rings is 1. The molecule has 0 aliphatic carbocycles. The van der Waals surface area contributed by atoms with Gasteiger partial charge in [0.05, 0.1) is 5.69 Å². The molecule has 164 valence electrons. The molecule has 4 rings (SSSR count). The molecule has 0 fully saturated rings. The molecule has 0 aliphatic rings. The van der Waals surface area contributed by atoms with Crippen LogP contribution >= 0.6 is 0 Å². The van der Waals surface area contributed by atoms with Gasteiger partial charge in [-0.3, -0.25) is 9.20 Å². The molecule has 2 aromatic carbocycles. The van der Waals surface area contributed by atoms with Crippen molar-refractivity contribution in [2.75, 3.05) is 11.1 Å². The summed E-state index contributed by atoms with van der Waals surface area (Å²) in [6.45, 7) is 5.43. The molecule has 9 heteroatoms. The Balaban J connectivity index is 1.70. The standard InChI is InChI=1S/C23H21F2N5O2/c1-11-7-18(29-23(32)21(31)14-5-4-6-15(24)8-14)17(25)9-16(11)19-20-22(26)27-10-12(2)30(20)13(3)28-19/h4-10,21,31H,1-3H3,(H2,26,27)(H,29,32). The quantitative estimate of drug-likeness (QED) is 0.450. The molecular weight excluding hydrogens is 416 g/mol. The summed E-state index contributed by atoms with van der Waals surface area (Å²) in [5, 5.41) is 12.6. The number of carbonyl (C=O) groups excluding carboxylic acids is 1. The SMILES string of the molecule is Cc1cc(NC(=O)C(O)c2cccc(F)c2)c(F)cc1-c1nc(C)n2c(C)cnc(N)c12. The van der Waals surface area contributed by atoms with Crippen LogP contribution in [-0.4, -0.2) is 25.4 Å². The number of carbonyl (C=O) groups is 1. The zero-order chi connectivity index (χ0) is 23.2. The number of aromatic nitrogens is 3. The normalized spacial score (nSPS) is 12.2. The van der Waals surface area contributed by atoms with Crippen molar-refractivity contribution in [3.63, 3.8) is 0 Å². The van der Waals surface area contributed by atoms with Crippen LogP contribution in [0.1, 0.15) is 28.7 Å². The molecule has 32 heavy (non-hydrogen) atoms. The van der Waals surface area contributed by atoms with Gasteiger partial charge in [-0.1, -0.05) is 12.1 Å². The molecular formula is C23H21F2N5O2. The highest BCUT2D eigenvalue weighted by Crippen LogP contribution is 2.34. The number of rotatable bonds is 4. The first-order valence-corrected chi connectivity index (χ1v) is 9.82. The summed E-state index contributed by atoms with van der Waals surface area (Å²) >= 11 is 0. The van der Waals surface area contributed by atoms with Crippen LogP contribution in [0.15, 0.2) is 42.6 Å². The first-order chi connectivity index (χ1) is 15.2. The zero-order valence-corrected chi connectivity index (χ0v) is 17.6. The second-order valence-electron chi connectivity index (χ2n) is 7.57. The van der Waals surface area contributed by atoms with E-state index >= 15 is 0 Å². The van der Waals surface area contributed by atoms with Crippen LogP contribution in [0.2, 0.25) is 0 Å². The fraction of sp³-hybridized carbons (Fsp3) is 0.174. The van der Waals surface area contributed by atoms with E-state index in [-0.39, 0.29) is 17.1 Å². The second kappa shape index (κ2) is 8.01. The highest BCUT2D eigenvalue weighted by atomic mass is 19.1. The van der Waals surface area contributed by atoms with E-state index in [0.29, 0.717) is 28.2 Å². The average molecular weight is 437 g/mol. The number of halogens is 2. The average Bonchev–Trinajstić information content (AvgIpc) is 3.10. The van der Waals surface area contributed by atoms with Crippen LogP contribution in [0.3, 0.4) is 0 Å². The van der Waals surface area contributed by atoms with E-state index in [0.717, 1.165) is 11.8 Å². The minimum Gasteiger partial charge on any atom is -0.382 e. The predicted octanol–water partition coefficient (Wildman–Crippen LogP) is 3.85. The van der Waals surface area contributed by atoms with Crippen LogP contribution in [-0.2, 0) is 4.79 Å². The molecule has 2 heterocycles. The number of nitrogens with two attached hydrogens (primary N) is 1. The molecule has 0 spiro atoms. The third kappa shape index (κ3) is 3.67. The van der Waals surface area contributed by atoms with Gasteiger partial charge in [0.2, 0.25) is 0 Å². The summed E-state index contributed by atoms with van der Waals surface area (Å²) in [7, 11) is 0. The number of aliphatic hydroxyl groups is 1. The van der Waals surface area contributed by atoms with Gasteiger partial charge in [-0.05, 0) is 56.2 Å². The number of hydrogen-bond acceptors (Lipinski definition) is 5. The van der Waals surface area contributed by atoms with Crippen molar-refractivity contribution in [1.82, 2.24) is 14.4 Å². The van der Waals surface area contributed by atoms with E-state index in [9.17, 15) is 18.7 Å². The molecule has 7 nitrogen and oxygen atoms in total. The minimum absolute atomic E-state index is 0.0644. The summed E-state index contributed by atoms with van der Waals surface area (Å²) in [5.74, 6) is -1.25. The van der Waals surface area contributed by atoms with E-state index in [1.165, 1.54) is 30.3 Å². The predicted molar refractivity (Wildman–Crippen MR) is 117 cm³/mol. The van der Waals surface area contributed by atoms with Gasteiger partial charge in [0, 0.05) is 17.5 Å². The van der Waals surface area contributed by atoms with Crippen LogP contribution in [0.25, 0.3) is 16.8 Å². The summed E-state index contributed by atoms with van der Waals surface area (Å²) in [6, 6.07) is 7.72. The number of benzene rings is 2. The largest absolute Gasteiger partial charge is 0.382 e. The fourth-order valence-electron chi connectivity index (χ4n) is 3.73. The molecule has 4 aromatic rings. The lowest BCUT2D eigenvalue weighted by Gasteiger charge is -2.14. The Morgan fingerprint density at radius 3 is 2.66 bits per heavy atom. The number of aryl methyl sites for hydroxylation is 3. The van der Waals surface area contributed by atoms with Crippen LogP contribution in [0.4, 0.5) is 20.3 Å². The summed E-state index contributed by atoms with van der Waals surface area (Å²) in [4.78, 5) is 21.2. The van der Waals surface area contributed by atoms with Crippen LogP contribution < -0.4 is 11.1 Å². The Labute approximate surface area is 182 Å². The van der Waals surface area contributed by atoms with Gasteiger partial charge in [-0.25, -0.2) is 18.7 Å². The van der Waals surface area contributed by atoms with Crippen LogP contribution in [0.5, 0.6) is 0 Å². The first kappa shape index (κ1) is 21.4. The Hall–Kier alpha value is -3.85. The topological polar surface area (TPSA) is 106 Å². The minimum atomic E-state index is -1.65. The van der Waals surface area contributed by atoms with Crippen molar-refractivity contribution < 1.29 is 18.7 Å². The van der Waals surface area contributed by atoms with Crippen molar-refractivity contribution in [3.05, 3.63) is 76.9 Å². The van der Waals surface area contributed by atoms with E-state index in [1.807, 2.05) is 18.2 Å². The third-order valence-electron chi connectivity index (χ3n) is 5.27. The lowest BCUT2D eigenvalue weighted by Crippen LogP contribution is -2.21. The van der Waals surface area contributed by atoms with Crippen molar-refractivity contribution in [3.8, 4) is 11.3 Å². The first-order valence-electron chi connectivity index (χ1n) is 9.82. The Morgan fingerprint density at radius 2 is 1.94 bits per heavy atom. The van der Waals surface area contributed by atoms with Gasteiger partial charge >= 0.3 is 0 Å². The molecule has 1 atom stereocenters. The fourth-order valence-corrected chi connectivity index (χ4v) is 3.73. The second-order valence-corrected chi connectivity index (χ2v) is 7.57. The number of anilines is 2. The highest BCUT2D eigenvalue weighted by Gasteiger charge is 2.22. The lowest BCUT2D eigenvalue weighted by molar-refractivity contribution is -0.124. The van der Waals surface area contributed by atoms with E-state index < -0.39 is 23.6 Å². The molecule has 0 radical (unpaired) electrons. The van der Waals surface area contributed by atoms with Gasteiger partial charge < -0.3 is 16.2 Å². The Bertz CT molecular complexity index is 1370. The van der Waals surface area contributed by atoms with Crippen molar-refractivity contribution in [2.45, 2.75) is 26.9 Å². The number of nitrogens with zero attached hydrogens (tertiary/aromatic N) is 3. The molecule has 0 bridgehead atoms. The summed E-state index contributed by atoms with van der Waals surface area (Å²) in [6.07, 6.45) is -0.0183. The number of fused-ring (bicyclic) bond motifs is 1. The molecule has 0 saturated carbocycles. The monoisotopic (exact) mass is 437 g/mol. The highest BCUT2D eigenvalue weighted by molar-refractivity contribution is 5.95. The van der Waals surface area contributed by atoms with Gasteiger partial charge in [-0.15, -0.1) is 0 Å². The molecule has 2 aromatic heterocycles. The summed E-state index contributed by atoms with van der Waals surface area (Å²) < 4.78 is 30.2. The van der Waals surface area contributed by atoms with E-state index in [1.54, 1.807) is 13.1 Å². The summed E-state index contributed by atoms with van der Waals surface area (Å²) in [5.41, 5.74) is 9.04. The number of nitrogen functional groups attached to an aromatic ring is 1. The molecule has 0 saturated heterocycles. The van der Waals surface area contributed by atoms with E-state index in [4.69, 9.17) is 5.73 Å².